The van der Waals surface area contributed by atoms with Crippen LogP contribution in [0.2, 0.25) is 5.02 Å². The van der Waals surface area contributed by atoms with Crippen LogP contribution in [0.4, 0.5) is 0 Å². The molecule has 2 heterocycles. The van der Waals surface area contributed by atoms with Crippen LogP contribution in [0.1, 0.15) is 29.0 Å². The van der Waals surface area contributed by atoms with E-state index in [-0.39, 0.29) is 24.5 Å². The largest absolute Gasteiger partial charge is 0.340 e. The molecule has 156 valence electrons. The highest BCUT2D eigenvalue weighted by molar-refractivity contribution is 6.30. The van der Waals surface area contributed by atoms with Crippen molar-refractivity contribution in [2.45, 2.75) is 19.4 Å². The van der Waals surface area contributed by atoms with Crippen molar-refractivity contribution in [1.29, 1.82) is 0 Å². The number of carbonyl (C=O) groups is 2. The molecule has 1 aliphatic heterocycles. The van der Waals surface area contributed by atoms with Crippen LogP contribution >= 0.6 is 11.6 Å². The standard InChI is InChI=1S/C23H25ClN4O2/c1-26-20-5-3-2-4-19(20)25-22(26)16-27-12-14-28(15-13-27)23(30)11-10-21(29)17-6-8-18(24)9-7-17/h2-9H,10-16H2,1H3. The second-order valence-electron chi connectivity index (χ2n) is 7.66. The second-order valence-corrected chi connectivity index (χ2v) is 8.10. The first-order valence-electron chi connectivity index (χ1n) is 10.2. The first-order chi connectivity index (χ1) is 14.5. The second kappa shape index (κ2) is 8.98. The van der Waals surface area contributed by atoms with Crippen molar-refractivity contribution in [1.82, 2.24) is 19.4 Å². The predicted molar refractivity (Wildman–Crippen MR) is 118 cm³/mol. The van der Waals surface area contributed by atoms with E-state index in [4.69, 9.17) is 16.6 Å². The van der Waals surface area contributed by atoms with Crippen LogP contribution in [0.3, 0.4) is 0 Å². The Morgan fingerprint density at radius 1 is 0.967 bits per heavy atom. The van der Waals surface area contributed by atoms with Crippen molar-refractivity contribution >= 4 is 34.3 Å². The van der Waals surface area contributed by atoms with E-state index in [1.165, 1.54) is 0 Å². The van der Waals surface area contributed by atoms with Gasteiger partial charge >= 0.3 is 0 Å². The van der Waals surface area contributed by atoms with E-state index >= 15 is 0 Å². The van der Waals surface area contributed by atoms with Gasteiger partial charge in [-0.15, -0.1) is 0 Å². The van der Waals surface area contributed by atoms with Gasteiger partial charge in [0.15, 0.2) is 5.78 Å². The van der Waals surface area contributed by atoms with Gasteiger partial charge in [0.2, 0.25) is 5.91 Å². The Balaban J connectivity index is 1.26. The molecule has 4 rings (SSSR count). The SMILES string of the molecule is Cn1c(CN2CCN(C(=O)CCC(=O)c3ccc(Cl)cc3)CC2)nc2ccccc21. The molecule has 0 spiro atoms. The minimum atomic E-state index is -0.0273. The van der Waals surface area contributed by atoms with Gasteiger partial charge in [-0.2, -0.15) is 0 Å². The number of aromatic nitrogens is 2. The molecule has 1 fully saturated rings. The lowest BCUT2D eigenvalue weighted by molar-refractivity contribution is -0.133. The van der Waals surface area contributed by atoms with Gasteiger partial charge in [-0.1, -0.05) is 23.7 Å². The summed E-state index contributed by atoms with van der Waals surface area (Å²) in [5.74, 6) is 1.05. The van der Waals surface area contributed by atoms with Gasteiger partial charge in [0.1, 0.15) is 5.82 Å². The summed E-state index contributed by atoms with van der Waals surface area (Å²) >= 11 is 5.86. The Morgan fingerprint density at radius 3 is 2.37 bits per heavy atom. The maximum atomic E-state index is 12.5. The Hall–Kier alpha value is -2.70. The van der Waals surface area contributed by atoms with Gasteiger partial charge in [-0.05, 0) is 36.4 Å². The number of nitrogens with zero attached hydrogens (tertiary/aromatic N) is 4. The lowest BCUT2D eigenvalue weighted by Crippen LogP contribution is -2.48. The number of benzene rings is 2. The summed E-state index contributed by atoms with van der Waals surface area (Å²) in [6.07, 6.45) is 0.465. The molecule has 0 radical (unpaired) electrons. The molecule has 1 saturated heterocycles. The van der Waals surface area contributed by atoms with Crippen LogP contribution in [0.5, 0.6) is 0 Å². The minimum absolute atomic E-state index is 0.0273. The lowest BCUT2D eigenvalue weighted by Gasteiger charge is -2.34. The van der Waals surface area contributed by atoms with E-state index in [1.54, 1.807) is 24.3 Å². The van der Waals surface area contributed by atoms with Crippen molar-refractivity contribution < 1.29 is 9.59 Å². The van der Waals surface area contributed by atoms with Gasteiger partial charge in [-0.25, -0.2) is 4.98 Å². The van der Waals surface area contributed by atoms with Crippen molar-refractivity contribution in [3.05, 3.63) is 64.9 Å². The highest BCUT2D eigenvalue weighted by Gasteiger charge is 2.23. The monoisotopic (exact) mass is 424 g/mol. The van der Waals surface area contributed by atoms with Gasteiger partial charge in [0.25, 0.3) is 0 Å². The topological polar surface area (TPSA) is 58.4 Å². The third-order valence-electron chi connectivity index (χ3n) is 5.70. The molecule has 7 heteroatoms. The zero-order valence-corrected chi connectivity index (χ0v) is 17.8. The highest BCUT2D eigenvalue weighted by Crippen LogP contribution is 2.17. The zero-order chi connectivity index (χ0) is 21.1. The summed E-state index contributed by atoms with van der Waals surface area (Å²) in [5, 5.41) is 0.596. The number of hydrogen-bond donors (Lipinski definition) is 0. The summed E-state index contributed by atoms with van der Waals surface area (Å²) in [6, 6.07) is 14.9. The van der Waals surface area contributed by atoms with E-state index in [0.717, 1.165) is 36.5 Å². The molecule has 0 bridgehead atoms. The van der Waals surface area contributed by atoms with E-state index < -0.39 is 0 Å². The van der Waals surface area contributed by atoms with Gasteiger partial charge in [0.05, 0.1) is 17.6 Å². The summed E-state index contributed by atoms with van der Waals surface area (Å²) in [6.45, 7) is 3.73. The number of para-hydroxylation sites is 2. The van der Waals surface area contributed by atoms with Gasteiger partial charge < -0.3 is 9.47 Å². The smallest absolute Gasteiger partial charge is 0.223 e. The number of aryl methyl sites for hydroxylation is 1. The number of fused-ring (bicyclic) bond motifs is 1. The normalized spacial score (nSPS) is 14.9. The maximum Gasteiger partial charge on any atom is 0.223 e. The zero-order valence-electron chi connectivity index (χ0n) is 17.1. The maximum absolute atomic E-state index is 12.5. The quantitative estimate of drug-likeness (QED) is 0.568. The molecule has 30 heavy (non-hydrogen) atoms. The molecule has 0 saturated carbocycles. The molecule has 0 unspecified atom stereocenters. The minimum Gasteiger partial charge on any atom is -0.340 e. The molecule has 0 atom stereocenters. The first-order valence-corrected chi connectivity index (χ1v) is 10.6. The summed E-state index contributed by atoms with van der Waals surface area (Å²) in [7, 11) is 2.04. The Labute approximate surface area is 181 Å². The molecule has 1 aromatic heterocycles. The molecule has 6 nitrogen and oxygen atoms in total. The average Bonchev–Trinajstić information content (AvgIpc) is 3.08. The number of halogens is 1. The van der Waals surface area contributed by atoms with Gasteiger partial charge in [0, 0.05) is 56.7 Å². The Bertz CT molecular complexity index is 1050. The number of rotatable bonds is 6. The number of piperazine rings is 1. The van der Waals surface area contributed by atoms with E-state index in [1.807, 2.05) is 30.1 Å². The van der Waals surface area contributed by atoms with E-state index in [0.29, 0.717) is 23.7 Å². The van der Waals surface area contributed by atoms with Crippen molar-refractivity contribution in [3.8, 4) is 0 Å². The third kappa shape index (κ3) is 4.55. The molecular formula is C23H25ClN4O2. The van der Waals surface area contributed by atoms with Crippen LogP contribution in [0, 0.1) is 0 Å². The van der Waals surface area contributed by atoms with Crippen molar-refractivity contribution in [3.63, 3.8) is 0 Å². The number of imidazole rings is 1. The fourth-order valence-corrected chi connectivity index (χ4v) is 3.98. The predicted octanol–water partition coefficient (Wildman–Crippen LogP) is 3.53. The van der Waals surface area contributed by atoms with Crippen LogP contribution in [-0.4, -0.2) is 57.2 Å². The van der Waals surface area contributed by atoms with E-state index in [2.05, 4.69) is 15.5 Å². The molecule has 1 aliphatic rings. The lowest BCUT2D eigenvalue weighted by atomic mass is 10.1. The van der Waals surface area contributed by atoms with Crippen LogP contribution in [-0.2, 0) is 18.4 Å². The highest BCUT2D eigenvalue weighted by atomic mass is 35.5. The number of amides is 1. The Morgan fingerprint density at radius 2 is 1.67 bits per heavy atom. The average molecular weight is 425 g/mol. The van der Waals surface area contributed by atoms with Crippen molar-refractivity contribution in [2.24, 2.45) is 7.05 Å². The molecule has 3 aromatic rings. The number of hydrogen-bond acceptors (Lipinski definition) is 4. The van der Waals surface area contributed by atoms with E-state index in [9.17, 15) is 9.59 Å². The molecule has 0 aliphatic carbocycles. The summed E-state index contributed by atoms with van der Waals surface area (Å²) < 4.78 is 2.13. The molecule has 2 aromatic carbocycles. The van der Waals surface area contributed by atoms with Crippen LogP contribution in [0.15, 0.2) is 48.5 Å². The number of ketones is 1. The first kappa shape index (κ1) is 20.6. The fourth-order valence-electron chi connectivity index (χ4n) is 3.85. The summed E-state index contributed by atoms with van der Waals surface area (Å²) in [4.78, 5) is 33.7. The number of carbonyl (C=O) groups excluding carboxylic acids is 2. The van der Waals surface area contributed by atoms with Gasteiger partial charge in [-0.3, -0.25) is 14.5 Å². The molecule has 1 amide bonds. The van der Waals surface area contributed by atoms with Crippen LogP contribution in [0.25, 0.3) is 11.0 Å². The van der Waals surface area contributed by atoms with Crippen LogP contribution < -0.4 is 0 Å². The molecule has 0 N–H and O–H groups in total. The van der Waals surface area contributed by atoms with Crippen molar-refractivity contribution in [2.75, 3.05) is 26.2 Å². The molecular weight excluding hydrogens is 400 g/mol. The fraction of sp³-hybridized carbons (Fsp3) is 0.348. The third-order valence-corrected chi connectivity index (χ3v) is 5.95. The Kier molecular flexibility index (Phi) is 6.16. The summed E-state index contributed by atoms with van der Waals surface area (Å²) in [5.41, 5.74) is 2.74. The number of Topliss-reactive ketones (excluding diaryl/α,β-unsaturated/α-hetero) is 1.